The average molecular weight is 630 g/mol. The quantitative estimate of drug-likeness (QED) is 0.148. The van der Waals surface area contributed by atoms with Gasteiger partial charge < -0.3 is 21.3 Å². The molecular weight excluding hydrogens is 606 g/mol. The number of carbonyl (C=O) groups is 1. The van der Waals surface area contributed by atoms with E-state index in [1.165, 1.54) is 16.4 Å². The Bertz CT molecular complexity index is 1900. The van der Waals surface area contributed by atoms with Gasteiger partial charge in [0.05, 0.1) is 22.4 Å². The standard InChI is InChI=1S/C28H23F4N7O4S/c1-39(44(43)17-5-3-2-4-6-17)20-8-7-16(40)9-15(20)13-34-26-22-23(24(33)42)37-38-27(22)36-25(35-26)18-11-19(29)21(41)10-14(18)12-28(30,31)32/h2-11,40-41H,12-13H2,1H3,(H2,33,42)(H2,34,35,36,37,38). The van der Waals surface area contributed by atoms with Gasteiger partial charge in [-0.05, 0) is 53.6 Å². The SMILES string of the molecule is CN(c1ccc(O)cc1CNc1nc(-c2cc(F)c(O)cc2CC(F)(F)F)nc2n[nH]c(C(N)=O)c12)S(=O)c1ccccc1. The summed E-state index contributed by atoms with van der Waals surface area (Å²) in [5, 5.41) is 29.3. The Kier molecular flexibility index (Phi) is 8.10. The van der Waals surface area contributed by atoms with Crippen molar-refractivity contribution in [3.8, 4) is 22.9 Å². The molecule has 6 N–H and O–H groups in total. The van der Waals surface area contributed by atoms with Crippen molar-refractivity contribution >= 4 is 39.4 Å². The van der Waals surface area contributed by atoms with E-state index in [2.05, 4.69) is 25.5 Å². The number of fused-ring (bicyclic) bond motifs is 1. The molecule has 3 aromatic carbocycles. The van der Waals surface area contributed by atoms with Gasteiger partial charge in [-0.15, -0.1) is 0 Å². The molecule has 0 radical (unpaired) electrons. The topological polar surface area (TPSA) is 170 Å². The van der Waals surface area contributed by atoms with Crippen molar-refractivity contribution in [2.75, 3.05) is 16.7 Å². The minimum Gasteiger partial charge on any atom is -0.508 e. The molecule has 0 aliphatic carbocycles. The summed E-state index contributed by atoms with van der Waals surface area (Å²) in [4.78, 5) is 21.1. The van der Waals surface area contributed by atoms with E-state index in [1.54, 1.807) is 43.4 Å². The van der Waals surface area contributed by atoms with Gasteiger partial charge in [0, 0.05) is 19.2 Å². The maximum absolute atomic E-state index is 14.4. The molecule has 2 aromatic heterocycles. The van der Waals surface area contributed by atoms with E-state index in [9.17, 15) is 36.8 Å². The van der Waals surface area contributed by atoms with E-state index < -0.39 is 46.6 Å². The number of alkyl halides is 3. The molecule has 228 valence electrons. The van der Waals surface area contributed by atoms with Crippen LogP contribution < -0.4 is 15.4 Å². The summed E-state index contributed by atoms with van der Waals surface area (Å²) >= 11 is 0. The molecule has 0 fully saturated rings. The number of nitrogens with two attached hydrogens (primary N) is 1. The molecule has 0 bridgehead atoms. The lowest BCUT2D eigenvalue weighted by Gasteiger charge is -2.22. The number of benzene rings is 3. The third kappa shape index (κ3) is 6.24. The van der Waals surface area contributed by atoms with E-state index in [-0.39, 0.29) is 46.2 Å². The number of nitrogens with zero attached hydrogens (tertiary/aromatic N) is 4. The van der Waals surface area contributed by atoms with E-state index in [1.807, 2.05) is 0 Å². The summed E-state index contributed by atoms with van der Waals surface area (Å²) in [6.45, 7) is -0.117. The number of carbonyl (C=O) groups excluding carboxylic acids is 1. The van der Waals surface area contributed by atoms with Crippen molar-refractivity contribution in [3.63, 3.8) is 0 Å². The van der Waals surface area contributed by atoms with Crippen LogP contribution in [0, 0.1) is 5.82 Å². The van der Waals surface area contributed by atoms with Gasteiger partial charge in [-0.1, -0.05) is 18.2 Å². The van der Waals surface area contributed by atoms with Gasteiger partial charge in [0.1, 0.15) is 17.3 Å². The van der Waals surface area contributed by atoms with Crippen LogP contribution in [0.1, 0.15) is 21.6 Å². The maximum Gasteiger partial charge on any atom is 0.393 e. The number of nitrogens with one attached hydrogen (secondary N) is 2. The van der Waals surface area contributed by atoms with Crippen molar-refractivity contribution in [2.45, 2.75) is 24.0 Å². The monoisotopic (exact) mass is 629 g/mol. The average Bonchev–Trinajstić information content (AvgIpc) is 3.41. The Morgan fingerprint density at radius 2 is 1.80 bits per heavy atom. The Hall–Kier alpha value is -5.25. The first-order chi connectivity index (χ1) is 20.8. The largest absolute Gasteiger partial charge is 0.508 e. The Morgan fingerprint density at radius 3 is 2.48 bits per heavy atom. The first kappa shape index (κ1) is 30.2. The number of halogens is 4. The smallest absolute Gasteiger partial charge is 0.393 e. The molecule has 16 heteroatoms. The Balaban J connectivity index is 1.59. The van der Waals surface area contributed by atoms with Crippen molar-refractivity contribution in [3.05, 3.63) is 83.3 Å². The second kappa shape index (κ2) is 11.8. The molecule has 44 heavy (non-hydrogen) atoms. The molecule has 0 aliphatic heterocycles. The van der Waals surface area contributed by atoms with Crippen LogP contribution in [0.2, 0.25) is 0 Å². The summed E-state index contributed by atoms with van der Waals surface area (Å²) in [7, 11) is -0.0534. The predicted molar refractivity (Wildman–Crippen MR) is 154 cm³/mol. The highest BCUT2D eigenvalue weighted by Gasteiger charge is 2.31. The third-order valence-electron chi connectivity index (χ3n) is 6.51. The summed E-state index contributed by atoms with van der Waals surface area (Å²) < 4.78 is 69.2. The van der Waals surface area contributed by atoms with E-state index >= 15 is 0 Å². The molecule has 0 spiro atoms. The van der Waals surface area contributed by atoms with Crippen LogP contribution in [0.5, 0.6) is 11.5 Å². The van der Waals surface area contributed by atoms with Gasteiger partial charge >= 0.3 is 6.18 Å². The van der Waals surface area contributed by atoms with E-state index in [0.717, 1.165) is 0 Å². The zero-order chi connectivity index (χ0) is 31.8. The first-order valence-electron chi connectivity index (χ1n) is 12.7. The molecule has 2 heterocycles. The number of H-pyrrole nitrogens is 1. The van der Waals surface area contributed by atoms with Crippen molar-refractivity contribution in [1.29, 1.82) is 0 Å². The summed E-state index contributed by atoms with van der Waals surface area (Å²) in [6, 6.07) is 14.3. The van der Waals surface area contributed by atoms with Gasteiger partial charge in [0.15, 0.2) is 34.0 Å². The van der Waals surface area contributed by atoms with Crippen LogP contribution in [-0.4, -0.2) is 53.7 Å². The fraction of sp³-hybridized carbons (Fsp3) is 0.143. The molecule has 11 nitrogen and oxygen atoms in total. The van der Waals surface area contributed by atoms with Gasteiger partial charge in [0.25, 0.3) is 5.91 Å². The fourth-order valence-electron chi connectivity index (χ4n) is 4.51. The molecule has 1 unspecified atom stereocenters. The zero-order valence-electron chi connectivity index (χ0n) is 22.7. The second-order valence-corrected chi connectivity index (χ2v) is 11.1. The number of anilines is 2. The molecule has 0 saturated heterocycles. The number of hydrogen-bond acceptors (Lipinski definition) is 8. The van der Waals surface area contributed by atoms with E-state index in [0.29, 0.717) is 28.3 Å². The van der Waals surface area contributed by atoms with E-state index in [4.69, 9.17) is 5.73 Å². The number of aromatic amines is 1. The highest BCUT2D eigenvalue weighted by atomic mass is 32.2. The molecule has 1 amide bonds. The number of amides is 1. The predicted octanol–water partition coefficient (Wildman–Crippen LogP) is 4.55. The summed E-state index contributed by atoms with van der Waals surface area (Å²) in [5.74, 6) is -3.74. The number of aromatic hydroxyl groups is 2. The van der Waals surface area contributed by atoms with Crippen molar-refractivity contribution in [2.24, 2.45) is 5.73 Å². The first-order valence-corrected chi connectivity index (χ1v) is 13.8. The fourth-order valence-corrected chi connectivity index (χ4v) is 5.57. The highest BCUT2D eigenvalue weighted by molar-refractivity contribution is 7.86. The summed E-state index contributed by atoms with van der Waals surface area (Å²) in [5.41, 5.74) is 5.09. The number of rotatable bonds is 9. The van der Waals surface area contributed by atoms with Crippen LogP contribution in [0.15, 0.2) is 65.6 Å². The zero-order valence-corrected chi connectivity index (χ0v) is 23.5. The third-order valence-corrected chi connectivity index (χ3v) is 7.88. The van der Waals surface area contributed by atoms with Crippen LogP contribution >= 0.6 is 0 Å². The minimum absolute atomic E-state index is 0.000733. The molecule has 0 aliphatic rings. The Morgan fingerprint density at radius 1 is 1.07 bits per heavy atom. The normalized spacial score (nSPS) is 12.3. The van der Waals surface area contributed by atoms with Crippen LogP contribution in [0.25, 0.3) is 22.4 Å². The van der Waals surface area contributed by atoms with Crippen molar-refractivity contribution in [1.82, 2.24) is 20.2 Å². The Labute approximate surface area is 249 Å². The van der Waals surface area contributed by atoms with Gasteiger partial charge in [-0.25, -0.2) is 18.6 Å². The lowest BCUT2D eigenvalue weighted by atomic mass is 10.0. The molecule has 0 saturated carbocycles. The number of aromatic nitrogens is 4. The number of hydrogen-bond donors (Lipinski definition) is 5. The van der Waals surface area contributed by atoms with Crippen molar-refractivity contribution < 1.29 is 36.8 Å². The molecule has 1 atom stereocenters. The number of phenolic OH excluding ortho intramolecular Hbond substituents is 2. The van der Waals surface area contributed by atoms with Crippen LogP contribution in [0.4, 0.5) is 29.1 Å². The summed E-state index contributed by atoms with van der Waals surface area (Å²) in [6.07, 6.45) is -6.24. The van der Waals surface area contributed by atoms with Gasteiger partial charge in [-0.2, -0.15) is 18.3 Å². The number of phenols is 2. The second-order valence-electron chi connectivity index (χ2n) is 9.54. The lowest BCUT2D eigenvalue weighted by Crippen LogP contribution is -2.22. The molecular formula is C28H23F4N7O4S. The number of primary amides is 1. The maximum atomic E-state index is 14.4. The molecule has 5 aromatic rings. The minimum atomic E-state index is -4.72. The van der Waals surface area contributed by atoms with Gasteiger partial charge in [-0.3, -0.25) is 14.2 Å². The highest BCUT2D eigenvalue weighted by Crippen LogP contribution is 2.35. The van der Waals surface area contributed by atoms with Crippen LogP contribution in [-0.2, 0) is 24.0 Å². The van der Waals surface area contributed by atoms with Gasteiger partial charge in [0.2, 0.25) is 0 Å². The molecule has 5 rings (SSSR count). The van der Waals surface area contributed by atoms with Crippen LogP contribution in [0.3, 0.4) is 0 Å². The lowest BCUT2D eigenvalue weighted by molar-refractivity contribution is -0.127.